The van der Waals surface area contributed by atoms with E-state index in [1.165, 1.54) is 24.1 Å². The highest BCUT2D eigenvalue weighted by molar-refractivity contribution is 7.15. The van der Waals surface area contributed by atoms with Crippen LogP contribution >= 0.6 is 11.3 Å². The molecule has 6 heteroatoms. The predicted octanol–water partition coefficient (Wildman–Crippen LogP) is 4.59. The van der Waals surface area contributed by atoms with Crippen LogP contribution in [0.3, 0.4) is 0 Å². The van der Waals surface area contributed by atoms with E-state index in [1.807, 2.05) is 24.3 Å². The third kappa shape index (κ3) is 5.89. The third-order valence-electron chi connectivity index (χ3n) is 5.04. The van der Waals surface area contributed by atoms with Gasteiger partial charge in [-0.3, -0.25) is 10.1 Å². The lowest BCUT2D eigenvalue weighted by atomic mass is 9.88. The van der Waals surface area contributed by atoms with Crippen LogP contribution in [-0.2, 0) is 28.9 Å². The van der Waals surface area contributed by atoms with Crippen molar-refractivity contribution in [3.05, 3.63) is 40.4 Å². The van der Waals surface area contributed by atoms with Gasteiger partial charge in [-0.05, 0) is 56.2 Å². The lowest BCUT2D eigenvalue weighted by Crippen LogP contribution is -2.20. The number of aryl methyl sites for hydroxylation is 2. The number of amides is 1. The molecular weight excluding hydrogens is 372 g/mol. The van der Waals surface area contributed by atoms with E-state index >= 15 is 0 Å². The minimum atomic E-state index is -0.197. The second-order valence-corrected chi connectivity index (χ2v) is 8.55. The van der Waals surface area contributed by atoms with Crippen molar-refractivity contribution in [2.45, 2.75) is 58.8 Å². The Balaban J connectivity index is 1.47. The number of carbonyl (C=O) groups is 2. The van der Waals surface area contributed by atoms with Gasteiger partial charge in [-0.1, -0.05) is 31.9 Å². The molecule has 1 aliphatic carbocycles. The molecule has 3 rings (SSSR count). The lowest BCUT2D eigenvalue weighted by molar-refractivity contribution is -0.118. The van der Waals surface area contributed by atoms with Crippen LogP contribution < -0.4 is 10.1 Å². The van der Waals surface area contributed by atoms with Crippen LogP contribution in [0.5, 0.6) is 5.75 Å². The Morgan fingerprint density at radius 1 is 1.29 bits per heavy atom. The van der Waals surface area contributed by atoms with Crippen molar-refractivity contribution in [3.8, 4) is 5.75 Å². The molecule has 28 heavy (non-hydrogen) atoms. The van der Waals surface area contributed by atoms with Crippen molar-refractivity contribution in [1.29, 1.82) is 0 Å². The smallest absolute Gasteiger partial charge is 0.264 e. The molecule has 0 radical (unpaired) electrons. The van der Waals surface area contributed by atoms with Crippen LogP contribution in [0.15, 0.2) is 24.3 Å². The number of Topliss-reactive ketones (excluding diaryl/α,β-unsaturated/α-hetero) is 1. The summed E-state index contributed by atoms with van der Waals surface area (Å²) in [6.07, 6.45) is 7.05. The molecule has 1 N–H and O–H groups in total. The van der Waals surface area contributed by atoms with E-state index in [4.69, 9.17) is 4.74 Å². The molecule has 0 spiro atoms. The van der Waals surface area contributed by atoms with Crippen LogP contribution in [0, 0.1) is 5.92 Å². The highest BCUT2D eigenvalue weighted by Crippen LogP contribution is 2.34. The molecule has 0 fully saturated rings. The molecule has 0 bridgehead atoms. The Kier molecular flexibility index (Phi) is 7.20. The van der Waals surface area contributed by atoms with Gasteiger partial charge in [-0.25, -0.2) is 4.98 Å². The molecular formula is C22H28N2O3S. The van der Waals surface area contributed by atoms with Crippen LogP contribution in [0.2, 0.25) is 0 Å². The highest BCUT2D eigenvalue weighted by Gasteiger charge is 2.22. The summed E-state index contributed by atoms with van der Waals surface area (Å²) in [5, 5.41) is 3.54. The molecule has 1 aromatic carbocycles. The number of aromatic nitrogens is 1. The normalized spacial score (nSPS) is 15.7. The number of ketones is 1. The van der Waals surface area contributed by atoms with Gasteiger partial charge < -0.3 is 9.53 Å². The standard InChI is InChI=1S/C22H28N2O3S/c1-3-4-17-9-12-19-20(13-17)28-22(23-19)24-21(26)14-27-18-10-7-16(8-11-18)6-5-15(2)25/h7-8,10-11,17H,3-6,9,12-14H2,1-2H3,(H,23,24,26). The maximum absolute atomic E-state index is 12.2. The fourth-order valence-corrected chi connectivity index (χ4v) is 4.67. The van der Waals surface area contributed by atoms with Gasteiger partial charge in [0.2, 0.25) is 0 Å². The number of nitrogens with zero attached hydrogens (tertiary/aromatic N) is 1. The summed E-state index contributed by atoms with van der Waals surface area (Å²) in [7, 11) is 0. The van der Waals surface area contributed by atoms with E-state index in [0.717, 1.165) is 36.4 Å². The maximum Gasteiger partial charge on any atom is 0.264 e. The first kappa shape index (κ1) is 20.5. The summed E-state index contributed by atoms with van der Waals surface area (Å²) < 4.78 is 5.57. The number of nitrogens with one attached hydrogen (secondary N) is 1. The van der Waals surface area contributed by atoms with E-state index < -0.39 is 0 Å². The second kappa shape index (κ2) is 9.82. The number of anilines is 1. The monoisotopic (exact) mass is 400 g/mol. The zero-order valence-corrected chi connectivity index (χ0v) is 17.4. The summed E-state index contributed by atoms with van der Waals surface area (Å²) in [5.74, 6) is 1.38. The SMILES string of the molecule is CCCC1CCc2nc(NC(=O)COc3ccc(CCC(C)=O)cc3)sc2C1. The number of benzene rings is 1. The van der Waals surface area contributed by atoms with Crippen molar-refractivity contribution in [1.82, 2.24) is 4.98 Å². The zero-order valence-electron chi connectivity index (χ0n) is 16.6. The molecule has 1 aliphatic rings. The van der Waals surface area contributed by atoms with E-state index in [2.05, 4.69) is 17.2 Å². The summed E-state index contributed by atoms with van der Waals surface area (Å²) >= 11 is 1.60. The quantitative estimate of drug-likeness (QED) is 0.669. The van der Waals surface area contributed by atoms with Gasteiger partial charge in [0.05, 0.1) is 5.69 Å². The van der Waals surface area contributed by atoms with Crippen molar-refractivity contribution in [3.63, 3.8) is 0 Å². The van der Waals surface area contributed by atoms with E-state index in [0.29, 0.717) is 17.3 Å². The zero-order chi connectivity index (χ0) is 19.9. The Labute approximate surface area is 170 Å². The Hall–Kier alpha value is -2.21. The van der Waals surface area contributed by atoms with Crippen molar-refractivity contribution >= 4 is 28.2 Å². The van der Waals surface area contributed by atoms with Gasteiger partial charge in [-0.15, -0.1) is 11.3 Å². The minimum Gasteiger partial charge on any atom is -0.484 e. The predicted molar refractivity (Wildman–Crippen MR) is 112 cm³/mol. The fraction of sp³-hybridized carbons (Fsp3) is 0.500. The summed E-state index contributed by atoms with van der Waals surface area (Å²) in [6.45, 7) is 3.78. The first-order chi connectivity index (χ1) is 13.5. The average molecular weight is 401 g/mol. The number of hydrogen-bond donors (Lipinski definition) is 1. The molecule has 0 saturated carbocycles. The van der Waals surface area contributed by atoms with Crippen molar-refractivity contribution < 1.29 is 14.3 Å². The van der Waals surface area contributed by atoms with Gasteiger partial charge in [0.1, 0.15) is 11.5 Å². The van der Waals surface area contributed by atoms with Gasteiger partial charge in [0.25, 0.3) is 5.91 Å². The fourth-order valence-electron chi connectivity index (χ4n) is 3.53. The molecule has 1 aromatic heterocycles. The number of rotatable bonds is 9. The van der Waals surface area contributed by atoms with Crippen molar-refractivity contribution in [2.24, 2.45) is 5.92 Å². The van der Waals surface area contributed by atoms with Gasteiger partial charge >= 0.3 is 0 Å². The highest BCUT2D eigenvalue weighted by atomic mass is 32.1. The molecule has 1 heterocycles. The van der Waals surface area contributed by atoms with Crippen LogP contribution in [0.25, 0.3) is 0 Å². The molecule has 1 amide bonds. The molecule has 0 saturated heterocycles. The Morgan fingerprint density at radius 2 is 2.07 bits per heavy atom. The van der Waals surface area contributed by atoms with E-state index in [-0.39, 0.29) is 18.3 Å². The second-order valence-electron chi connectivity index (χ2n) is 7.47. The van der Waals surface area contributed by atoms with Crippen LogP contribution in [0.1, 0.15) is 55.7 Å². The summed E-state index contributed by atoms with van der Waals surface area (Å²) in [5.41, 5.74) is 2.23. The number of carbonyl (C=O) groups excluding carboxylic acids is 2. The maximum atomic E-state index is 12.2. The first-order valence-corrected chi connectivity index (χ1v) is 10.8. The largest absolute Gasteiger partial charge is 0.484 e. The molecule has 5 nitrogen and oxygen atoms in total. The summed E-state index contributed by atoms with van der Waals surface area (Å²) in [4.78, 5) is 29.2. The number of thiazole rings is 1. The third-order valence-corrected chi connectivity index (χ3v) is 6.08. The molecule has 1 atom stereocenters. The van der Waals surface area contributed by atoms with Gasteiger partial charge in [-0.2, -0.15) is 0 Å². The number of ether oxygens (including phenoxy) is 1. The molecule has 0 aliphatic heterocycles. The molecule has 2 aromatic rings. The van der Waals surface area contributed by atoms with E-state index in [1.54, 1.807) is 18.3 Å². The molecule has 1 unspecified atom stereocenters. The van der Waals surface area contributed by atoms with Gasteiger partial charge in [0, 0.05) is 11.3 Å². The van der Waals surface area contributed by atoms with Gasteiger partial charge in [0.15, 0.2) is 11.7 Å². The summed E-state index contributed by atoms with van der Waals surface area (Å²) in [6, 6.07) is 7.52. The Bertz CT molecular complexity index is 814. The minimum absolute atomic E-state index is 0.0461. The molecule has 150 valence electrons. The number of fused-ring (bicyclic) bond motifs is 1. The average Bonchev–Trinajstić information content (AvgIpc) is 3.07. The first-order valence-electron chi connectivity index (χ1n) is 10.0. The van der Waals surface area contributed by atoms with E-state index in [9.17, 15) is 9.59 Å². The Morgan fingerprint density at radius 3 is 2.79 bits per heavy atom. The van der Waals surface area contributed by atoms with Crippen LogP contribution in [0.4, 0.5) is 5.13 Å². The number of hydrogen-bond acceptors (Lipinski definition) is 5. The lowest BCUT2D eigenvalue weighted by Gasteiger charge is -2.19. The topological polar surface area (TPSA) is 68.3 Å². The van der Waals surface area contributed by atoms with Crippen LogP contribution in [-0.4, -0.2) is 23.3 Å². The van der Waals surface area contributed by atoms with Crippen molar-refractivity contribution in [2.75, 3.05) is 11.9 Å².